The zero-order chi connectivity index (χ0) is 21.4. The first kappa shape index (κ1) is 20.2. The van der Waals surface area contributed by atoms with Crippen LogP contribution in [0.5, 0.6) is 0 Å². The summed E-state index contributed by atoms with van der Waals surface area (Å²) in [6, 6.07) is 11.9. The minimum absolute atomic E-state index is 0.0355. The molecule has 2 saturated carbocycles. The summed E-state index contributed by atoms with van der Waals surface area (Å²) in [5.74, 6) is 0.332. The summed E-state index contributed by atoms with van der Waals surface area (Å²) in [5.41, 5.74) is 2.09. The molecule has 0 saturated heterocycles. The third-order valence-corrected chi connectivity index (χ3v) is 7.66. The molecule has 5 nitrogen and oxygen atoms in total. The molecule has 2 aliphatic carbocycles. The van der Waals surface area contributed by atoms with E-state index in [0.717, 1.165) is 62.5 Å². The Labute approximate surface area is 184 Å². The highest BCUT2D eigenvalue weighted by molar-refractivity contribution is 6.05. The molecule has 162 valence electrons. The number of hydrogen-bond acceptors (Lipinski definition) is 3. The van der Waals surface area contributed by atoms with Gasteiger partial charge >= 0.3 is 0 Å². The van der Waals surface area contributed by atoms with Crippen LogP contribution in [-0.2, 0) is 4.79 Å². The number of nitrogens with zero attached hydrogens (tertiary/aromatic N) is 2. The quantitative estimate of drug-likeness (QED) is 0.745. The van der Waals surface area contributed by atoms with Crippen molar-refractivity contribution in [1.29, 1.82) is 0 Å². The van der Waals surface area contributed by atoms with Crippen molar-refractivity contribution >= 4 is 17.6 Å². The summed E-state index contributed by atoms with van der Waals surface area (Å²) >= 11 is 0. The summed E-state index contributed by atoms with van der Waals surface area (Å²) in [7, 11) is 0. The lowest BCUT2D eigenvalue weighted by Crippen LogP contribution is -2.64. The number of aryl methyl sites for hydroxylation is 1. The Kier molecular flexibility index (Phi) is 5.28. The first-order chi connectivity index (χ1) is 15.1. The second kappa shape index (κ2) is 8.10. The van der Waals surface area contributed by atoms with E-state index in [1.165, 1.54) is 6.42 Å². The molecule has 2 heterocycles. The summed E-state index contributed by atoms with van der Waals surface area (Å²) in [6.07, 6.45) is 11.2. The molecule has 0 radical (unpaired) electrons. The average Bonchev–Trinajstić information content (AvgIpc) is 3.30. The number of carbonyl (C=O) groups excluding carboxylic acids is 2. The number of aromatic nitrogens is 1. The van der Waals surface area contributed by atoms with E-state index in [9.17, 15) is 9.59 Å². The third-order valence-electron chi connectivity index (χ3n) is 7.66. The maximum Gasteiger partial charge on any atom is 0.254 e. The van der Waals surface area contributed by atoms with E-state index < -0.39 is 5.54 Å². The van der Waals surface area contributed by atoms with Crippen LogP contribution in [0.3, 0.4) is 0 Å². The Hall–Kier alpha value is -2.69. The van der Waals surface area contributed by atoms with Gasteiger partial charge in [0.2, 0.25) is 5.91 Å². The fourth-order valence-electron chi connectivity index (χ4n) is 6.28. The zero-order valence-corrected chi connectivity index (χ0v) is 18.3. The molecule has 1 aromatic carbocycles. The van der Waals surface area contributed by atoms with Crippen LogP contribution in [0.25, 0.3) is 0 Å². The zero-order valence-electron chi connectivity index (χ0n) is 18.3. The highest BCUT2D eigenvalue weighted by atomic mass is 16.2. The lowest BCUT2D eigenvalue weighted by atomic mass is 9.64. The maximum atomic E-state index is 13.9. The first-order valence-corrected chi connectivity index (χ1v) is 11.8. The van der Waals surface area contributed by atoms with Crippen molar-refractivity contribution in [2.24, 2.45) is 0 Å². The van der Waals surface area contributed by atoms with E-state index in [-0.39, 0.29) is 23.8 Å². The normalized spacial score (nSPS) is 23.1. The molecule has 1 atom stereocenters. The molecule has 5 heteroatoms. The van der Waals surface area contributed by atoms with Crippen LogP contribution in [0.4, 0.5) is 5.82 Å². The van der Waals surface area contributed by atoms with Gasteiger partial charge in [-0.3, -0.25) is 9.59 Å². The molecule has 0 bridgehead atoms. The van der Waals surface area contributed by atoms with Crippen molar-refractivity contribution in [3.05, 3.63) is 59.3 Å². The molecule has 1 spiro atoms. The monoisotopic (exact) mass is 417 g/mol. The lowest BCUT2D eigenvalue weighted by molar-refractivity contribution is -0.123. The standard InChI is InChI=1S/C26H31N3O2/c1-18-10-9-17-27-23(18)28-24(30)22-20-13-5-6-14-21(20)25(31)29(19-11-3-4-12-19)26(22)15-7-2-8-16-26/h5-6,9-10,13-14,17,19,22H,2-4,7-8,11-12,15-16H2,1H3,(H,27,28,30)/t22-/m1/s1. The number of pyridine rings is 1. The smallest absolute Gasteiger partial charge is 0.254 e. The summed E-state index contributed by atoms with van der Waals surface area (Å²) < 4.78 is 0. The Morgan fingerprint density at radius 2 is 1.77 bits per heavy atom. The van der Waals surface area contributed by atoms with E-state index in [2.05, 4.69) is 15.2 Å². The highest BCUT2D eigenvalue weighted by Crippen LogP contribution is 2.51. The molecule has 1 aliphatic heterocycles. The summed E-state index contributed by atoms with van der Waals surface area (Å²) in [6.45, 7) is 1.96. The predicted molar refractivity (Wildman–Crippen MR) is 121 cm³/mol. The van der Waals surface area contributed by atoms with Gasteiger partial charge in [0.15, 0.2) is 0 Å². The van der Waals surface area contributed by atoms with Crippen molar-refractivity contribution in [2.75, 3.05) is 5.32 Å². The van der Waals surface area contributed by atoms with Gasteiger partial charge in [0.1, 0.15) is 5.82 Å². The topological polar surface area (TPSA) is 62.3 Å². The Bertz CT molecular complexity index is 990. The van der Waals surface area contributed by atoms with Crippen LogP contribution < -0.4 is 5.32 Å². The number of amides is 2. The number of benzene rings is 1. The Morgan fingerprint density at radius 3 is 2.52 bits per heavy atom. The second-order valence-electron chi connectivity index (χ2n) is 9.46. The molecule has 31 heavy (non-hydrogen) atoms. The van der Waals surface area contributed by atoms with Crippen LogP contribution in [-0.4, -0.2) is 33.3 Å². The van der Waals surface area contributed by atoms with Gasteiger partial charge in [-0.05, 0) is 55.9 Å². The molecular weight excluding hydrogens is 386 g/mol. The van der Waals surface area contributed by atoms with Crippen molar-refractivity contribution < 1.29 is 9.59 Å². The van der Waals surface area contributed by atoms with Gasteiger partial charge in [0.05, 0.1) is 11.5 Å². The van der Waals surface area contributed by atoms with E-state index in [4.69, 9.17) is 0 Å². The van der Waals surface area contributed by atoms with Crippen LogP contribution in [0, 0.1) is 6.92 Å². The number of hydrogen-bond donors (Lipinski definition) is 1. The Morgan fingerprint density at radius 1 is 1.03 bits per heavy atom. The van der Waals surface area contributed by atoms with Crippen LogP contribution in [0.15, 0.2) is 42.6 Å². The Balaban J connectivity index is 1.63. The number of nitrogens with one attached hydrogen (secondary N) is 1. The van der Waals surface area contributed by atoms with Gasteiger partial charge in [0.25, 0.3) is 5.91 Å². The SMILES string of the molecule is Cc1cccnc1NC(=O)[C@H]1c2ccccc2C(=O)N(C2CCCC2)C12CCCCC2. The maximum absolute atomic E-state index is 13.9. The molecule has 1 N–H and O–H groups in total. The van der Waals surface area contributed by atoms with E-state index in [1.807, 2.05) is 43.3 Å². The number of rotatable bonds is 3. The van der Waals surface area contributed by atoms with E-state index in [1.54, 1.807) is 6.20 Å². The van der Waals surface area contributed by atoms with Crippen molar-refractivity contribution in [3.63, 3.8) is 0 Å². The van der Waals surface area contributed by atoms with Gasteiger partial charge in [-0.25, -0.2) is 4.98 Å². The molecule has 2 amide bonds. The van der Waals surface area contributed by atoms with Gasteiger partial charge in [0, 0.05) is 17.8 Å². The van der Waals surface area contributed by atoms with Crippen LogP contribution in [0.2, 0.25) is 0 Å². The molecule has 2 aromatic rings. The van der Waals surface area contributed by atoms with Crippen molar-refractivity contribution in [3.8, 4) is 0 Å². The minimum Gasteiger partial charge on any atom is -0.329 e. The number of carbonyl (C=O) groups is 2. The lowest BCUT2D eigenvalue weighted by Gasteiger charge is -2.56. The summed E-state index contributed by atoms with van der Waals surface area (Å²) in [4.78, 5) is 34.4. The van der Waals surface area contributed by atoms with Gasteiger partial charge in [-0.15, -0.1) is 0 Å². The highest BCUT2D eigenvalue weighted by Gasteiger charge is 2.56. The van der Waals surface area contributed by atoms with Crippen molar-refractivity contribution in [2.45, 2.75) is 82.2 Å². The molecule has 5 rings (SSSR count). The van der Waals surface area contributed by atoms with Crippen LogP contribution >= 0.6 is 0 Å². The minimum atomic E-state index is -0.439. The molecule has 2 fully saturated rings. The molecular formula is C26H31N3O2. The van der Waals surface area contributed by atoms with E-state index in [0.29, 0.717) is 11.4 Å². The van der Waals surface area contributed by atoms with E-state index >= 15 is 0 Å². The van der Waals surface area contributed by atoms with Gasteiger partial charge < -0.3 is 10.2 Å². The predicted octanol–water partition coefficient (Wildman–Crippen LogP) is 5.21. The first-order valence-electron chi connectivity index (χ1n) is 11.8. The van der Waals surface area contributed by atoms with Gasteiger partial charge in [-0.2, -0.15) is 0 Å². The largest absolute Gasteiger partial charge is 0.329 e. The number of anilines is 1. The molecule has 1 aromatic heterocycles. The van der Waals surface area contributed by atoms with Crippen LogP contribution in [0.1, 0.15) is 85.2 Å². The summed E-state index contributed by atoms with van der Waals surface area (Å²) in [5, 5.41) is 3.13. The number of fused-ring (bicyclic) bond motifs is 1. The second-order valence-corrected chi connectivity index (χ2v) is 9.46. The average molecular weight is 418 g/mol. The fraction of sp³-hybridized carbons (Fsp3) is 0.500. The van der Waals surface area contributed by atoms with Gasteiger partial charge in [-0.1, -0.05) is 56.4 Å². The molecule has 0 unspecified atom stereocenters. The molecule has 3 aliphatic rings. The fourth-order valence-corrected chi connectivity index (χ4v) is 6.28. The third kappa shape index (κ3) is 3.35. The van der Waals surface area contributed by atoms with Crippen molar-refractivity contribution in [1.82, 2.24) is 9.88 Å².